The van der Waals surface area contributed by atoms with Gasteiger partial charge < -0.3 is 0 Å². The van der Waals surface area contributed by atoms with Gasteiger partial charge in [-0.1, -0.05) is 67.4 Å². The van der Waals surface area contributed by atoms with E-state index < -0.39 is 0 Å². The molecule has 0 bridgehead atoms. The molecule has 20 heavy (non-hydrogen) atoms. The molecule has 0 saturated heterocycles. The Balaban J connectivity index is 2.00. The molecule has 2 aromatic carbocycles. The first-order chi connectivity index (χ1) is 9.90. The first-order valence-corrected chi connectivity index (χ1v) is 7.28. The molecule has 1 heterocycles. The van der Waals surface area contributed by atoms with Gasteiger partial charge in [0.25, 0.3) is 0 Å². The van der Waals surface area contributed by atoms with E-state index in [9.17, 15) is 0 Å². The van der Waals surface area contributed by atoms with Crippen LogP contribution in [0.2, 0.25) is 0 Å². The van der Waals surface area contributed by atoms with Crippen molar-refractivity contribution in [2.45, 2.75) is 32.7 Å². The minimum atomic E-state index is 0.947. The van der Waals surface area contributed by atoms with E-state index in [0.717, 1.165) is 29.6 Å². The molecule has 0 unspecified atom stereocenters. The highest BCUT2D eigenvalue weighted by atomic mass is 15.4. The fraction of sp³-hybridized carbons (Fsp3) is 0.294. The number of rotatable bonds is 5. The van der Waals surface area contributed by atoms with Crippen molar-refractivity contribution >= 4 is 11.0 Å². The fourth-order valence-electron chi connectivity index (χ4n) is 2.52. The Kier molecular flexibility index (Phi) is 3.77. The Hall–Kier alpha value is -2.16. The molecule has 3 aromatic rings. The molecular formula is C17H19N3. The van der Waals surface area contributed by atoms with E-state index in [1.807, 2.05) is 10.7 Å². The summed E-state index contributed by atoms with van der Waals surface area (Å²) in [6.45, 7) is 3.16. The highest BCUT2D eigenvalue weighted by Crippen LogP contribution is 2.26. The van der Waals surface area contributed by atoms with E-state index >= 15 is 0 Å². The molecule has 3 heteroatoms. The first-order valence-electron chi connectivity index (χ1n) is 7.28. The minimum Gasteiger partial charge on any atom is -0.245 e. The number of hydrogen-bond acceptors (Lipinski definition) is 2. The highest BCUT2D eigenvalue weighted by molar-refractivity contribution is 5.91. The molecule has 0 radical (unpaired) electrons. The molecule has 0 N–H and O–H groups in total. The van der Waals surface area contributed by atoms with Gasteiger partial charge in [0.2, 0.25) is 0 Å². The van der Waals surface area contributed by atoms with Gasteiger partial charge in [0, 0.05) is 12.1 Å². The van der Waals surface area contributed by atoms with Gasteiger partial charge in [-0.15, -0.1) is 5.10 Å². The molecule has 0 amide bonds. The van der Waals surface area contributed by atoms with Crippen molar-refractivity contribution in [1.82, 2.24) is 15.0 Å². The number of hydrogen-bond donors (Lipinski definition) is 0. The van der Waals surface area contributed by atoms with E-state index in [-0.39, 0.29) is 0 Å². The van der Waals surface area contributed by atoms with Crippen molar-refractivity contribution in [3.63, 3.8) is 0 Å². The van der Waals surface area contributed by atoms with Crippen LogP contribution < -0.4 is 0 Å². The molecule has 0 aliphatic heterocycles. The fourth-order valence-corrected chi connectivity index (χ4v) is 2.52. The summed E-state index contributed by atoms with van der Waals surface area (Å²) in [4.78, 5) is 0. The molecule has 1 aromatic heterocycles. The van der Waals surface area contributed by atoms with Crippen molar-refractivity contribution in [2.75, 3.05) is 0 Å². The zero-order valence-corrected chi connectivity index (χ0v) is 11.8. The zero-order valence-electron chi connectivity index (χ0n) is 11.8. The Bertz CT molecular complexity index is 686. The van der Waals surface area contributed by atoms with Gasteiger partial charge in [0.1, 0.15) is 5.52 Å². The standard InChI is InChI=1S/C17H19N3/c1-2-3-7-13-20-16-12-8-11-15(17(16)18-19-20)14-9-5-4-6-10-14/h4-6,8-12H,2-3,7,13H2,1H3. The van der Waals surface area contributed by atoms with Gasteiger partial charge in [0.05, 0.1) is 5.52 Å². The number of nitrogens with zero attached hydrogens (tertiary/aromatic N) is 3. The van der Waals surface area contributed by atoms with Crippen LogP contribution in [-0.4, -0.2) is 15.0 Å². The molecule has 3 nitrogen and oxygen atoms in total. The van der Waals surface area contributed by atoms with Gasteiger partial charge in [-0.2, -0.15) is 0 Å². The maximum atomic E-state index is 4.39. The summed E-state index contributed by atoms with van der Waals surface area (Å²) >= 11 is 0. The predicted molar refractivity (Wildman–Crippen MR) is 82.5 cm³/mol. The van der Waals surface area contributed by atoms with Gasteiger partial charge in [-0.25, -0.2) is 4.68 Å². The summed E-state index contributed by atoms with van der Waals surface area (Å²) < 4.78 is 2.03. The predicted octanol–water partition coefficient (Wildman–Crippen LogP) is 4.29. The topological polar surface area (TPSA) is 30.7 Å². The third kappa shape index (κ3) is 2.44. The van der Waals surface area contributed by atoms with Crippen molar-refractivity contribution < 1.29 is 0 Å². The second kappa shape index (κ2) is 5.87. The molecule has 3 rings (SSSR count). The van der Waals surface area contributed by atoms with Crippen LogP contribution in [0.25, 0.3) is 22.2 Å². The summed E-state index contributed by atoms with van der Waals surface area (Å²) in [5.74, 6) is 0. The van der Waals surface area contributed by atoms with Crippen LogP contribution in [0.1, 0.15) is 26.2 Å². The second-order valence-electron chi connectivity index (χ2n) is 5.06. The van der Waals surface area contributed by atoms with E-state index in [1.165, 1.54) is 18.4 Å². The van der Waals surface area contributed by atoms with Crippen molar-refractivity contribution in [1.29, 1.82) is 0 Å². The summed E-state index contributed by atoms with van der Waals surface area (Å²) in [5, 5.41) is 8.71. The molecule has 0 aliphatic carbocycles. The summed E-state index contributed by atoms with van der Waals surface area (Å²) in [7, 11) is 0. The van der Waals surface area contributed by atoms with E-state index in [2.05, 4.69) is 59.7 Å². The minimum absolute atomic E-state index is 0.947. The lowest BCUT2D eigenvalue weighted by molar-refractivity contribution is 0.550. The monoisotopic (exact) mass is 265 g/mol. The van der Waals surface area contributed by atoms with Crippen molar-refractivity contribution in [3.8, 4) is 11.1 Å². The molecule has 0 atom stereocenters. The first kappa shape index (κ1) is 12.9. The maximum Gasteiger partial charge on any atom is 0.121 e. The summed E-state index contributed by atoms with van der Waals surface area (Å²) in [5.41, 5.74) is 4.47. The van der Waals surface area contributed by atoms with Crippen molar-refractivity contribution in [2.24, 2.45) is 0 Å². The lowest BCUT2D eigenvalue weighted by Crippen LogP contribution is -1.99. The van der Waals surface area contributed by atoms with Crippen molar-refractivity contribution in [3.05, 3.63) is 48.5 Å². The lowest BCUT2D eigenvalue weighted by Gasteiger charge is -2.04. The largest absolute Gasteiger partial charge is 0.245 e. The SMILES string of the molecule is CCCCCn1nnc2c(-c3ccccc3)cccc21. The smallest absolute Gasteiger partial charge is 0.121 e. The Morgan fingerprint density at radius 3 is 2.60 bits per heavy atom. The van der Waals surface area contributed by atoms with E-state index in [0.29, 0.717) is 0 Å². The Morgan fingerprint density at radius 2 is 1.80 bits per heavy atom. The Labute approximate surface area is 119 Å². The third-order valence-electron chi connectivity index (χ3n) is 3.60. The number of unbranched alkanes of at least 4 members (excludes halogenated alkanes) is 2. The number of aryl methyl sites for hydroxylation is 1. The van der Waals surface area contributed by atoms with Crippen LogP contribution in [0.3, 0.4) is 0 Å². The second-order valence-corrected chi connectivity index (χ2v) is 5.06. The van der Waals surface area contributed by atoms with E-state index in [4.69, 9.17) is 0 Å². The zero-order chi connectivity index (χ0) is 13.8. The van der Waals surface area contributed by atoms with Crippen LogP contribution in [0, 0.1) is 0 Å². The van der Waals surface area contributed by atoms with Gasteiger partial charge in [-0.05, 0) is 18.1 Å². The van der Waals surface area contributed by atoms with Crippen LogP contribution in [-0.2, 0) is 6.54 Å². The molecule has 0 aliphatic rings. The highest BCUT2D eigenvalue weighted by Gasteiger charge is 2.09. The maximum absolute atomic E-state index is 4.39. The average molecular weight is 265 g/mol. The third-order valence-corrected chi connectivity index (χ3v) is 3.60. The molecule has 0 saturated carbocycles. The quantitative estimate of drug-likeness (QED) is 0.644. The van der Waals surface area contributed by atoms with Crippen LogP contribution in [0.5, 0.6) is 0 Å². The number of benzene rings is 2. The van der Waals surface area contributed by atoms with Crippen LogP contribution >= 0.6 is 0 Å². The summed E-state index contributed by atoms with van der Waals surface area (Å²) in [6.07, 6.45) is 3.62. The van der Waals surface area contributed by atoms with Gasteiger partial charge >= 0.3 is 0 Å². The van der Waals surface area contributed by atoms with Gasteiger partial charge in [-0.3, -0.25) is 0 Å². The number of aromatic nitrogens is 3. The molecule has 0 fully saturated rings. The summed E-state index contributed by atoms with van der Waals surface area (Å²) in [6, 6.07) is 16.7. The van der Waals surface area contributed by atoms with E-state index in [1.54, 1.807) is 0 Å². The van der Waals surface area contributed by atoms with Crippen LogP contribution in [0.15, 0.2) is 48.5 Å². The molecule has 102 valence electrons. The molecule has 0 spiro atoms. The average Bonchev–Trinajstić information content (AvgIpc) is 2.92. The lowest BCUT2D eigenvalue weighted by atomic mass is 10.0. The number of fused-ring (bicyclic) bond motifs is 1. The van der Waals surface area contributed by atoms with Crippen LogP contribution in [0.4, 0.5) is 0 Å². The normalized spacial score (nSPS) is 11.1. The Morgan fingerprint density at radius 1 is 0.950 bits per heavy atom. The molecular weight excluding hydrogens is 246 g/mol. The van der Waals surface area contributed by atoms with Gasteiger partial charge in [0.15, 0.2) is 0 Å².